The lowest BCUT2D eigenvalue weighted by Gasteiger charge is -2.20. The summed E-state index contributed by atoms with van der Waals surface area (Å²) in [5.74, 6) is 7.02. The Morgan fingerprint density at radius 3 is 2.95 bits per heavy atom. The van der Waals surface area contributed by atoms with E-state index in [-0.39, 0.29) is 12.0 Å². The molecule has 2 heterocycles. The Labute approximate surface area is 121 Å². The first kappa shape index (κ1) is 13.4. The Hall–Kier alpha value is -2.61. The van der Waals surface area contributed by atoms with Crippen LogP contribution in [0, 0.1) is 0 Å². The Morgan fingerprint density at radius 2 is 2.14 bits per heavy atom. The van der Waals surface area contributed by atoms with Gasteiger partial charge in [0.25, 0.3) is 0 Å². The van der Waals surface area contributed by atoms with Gasteiger partial charge in [-0.15, -0.1) is 0 Å². The molecule has 1 aromatic carbocycles. The minimum Gasteiger partial charge on any atom is -0.491 e. The Balaban J connectivity index is 1.93. The van der Waals surface area contributed by atoms with Crippen molar-refractivity contribution in [2.24, 2.45) is 5.84 Å². The molecule has 8 heteroatoms. The van der Waals surface area contributed by atoms with Crippen LogP contribution in [0.25, 0.3) is 0 Å². The van der Waals surface area contributed by atoms with Crippen molar-refractivity contribution >= 4 is 11.9 Å². The van der Waals surface area contributed by atoms with Gasteiger partial charge in [-0.05, 0) is 6.07 Å². The second-order valence-corrected chi connectivity index (χ2v) is 4.47. The van der Waals surface area contributed by atoms with Gasteiger partial charge < -0.3 is 14.4 Å². The molecule has 0 radical (unpaired) electrons. The quantitative estimate of drug-likeness (QED) is 0.624. The topological polar surface area (TPSA) is 98.4 Å². The number of nitrogens with one attached hydrogen (secondary N) is 1. The van der Waals surface area contributed by atoms with Crippen LogP contribution in [0.1, 0.15) is 5.56 Å². The third-order valence-electron chi connectivity index (χ3n) is 3.15. The predicted molar refractivity (Wildman–Crippen MR) is 77.2 cm³/mol. The summed E-state index contributed by atoms with van der Waals surface area (Å²) in [7, 11) is 1.50. The van der Waals surface area contributed by atoms with Crippen LogP contribution in [0.3, 0.4) is 0 Å². The summed E-state index contributed by atoms with van der Waals surface area (Å²) >= 11 is 0. The molecule has 110 valence electrons. The zero-order chi connectivity index (χ0) is 14.7. The van der Waals surface area contributed by atoms with Gasteiger partial charge in [-0.3, -0.25) is 5.43 Å². The monoisotopic (exact) mass is 288 g/mol. The van der Waals surface area contributed by atoms with Gasteiger partial charge in [-0.1, -0.05) is 18.2 Å². The molecule has 8 nitrogen and oxygen atoms in total. The van der Waals surface area contributed by atoms with Crippen molar-refractivity contribution in [1.29, 1.82) is 0 Å². The lowest BCUT2D eigenvalue weighted by Crippen LogP contribution is -2.28. The molecule has 21 heavy (non-hydrogen) atoms. The fraction of sp³-hybridized carbons (Fsp3) is 0.308. The first-order valence-electron chi connectivity index (χ1n) is 6.52. The van der Waals surface area contributed by atoms with E-state index < -0.39 is 0 Å². The highest BCUT2D eigenvalue weighted by molar-refractivity contribution is 5.43. The summed E-state index contributed by atoms with van der Waals surface area (Å²) in [4.78, 5) is 14.5. The number of fused-ring (bicyclic) bond motifs is 1. The highest BCUT2D eigenvalue weighted by Crippen LogP contribution is 2.25. The second-order valence-electron chi connectivity index (χ2n) is 4.47. The zero-order valence-electron chi connectivity index (χ0n) is 11.6. The number of ether oxygens (including phenoxy) is 2. The number of nitrogens with two attached hydrogens (primary N) is 1. The molecule has 0 aliphatic carbocycles. The SMILES string of the molecule is COc1nc(NN)nc(N2CCOc3ccccc3C2)n1. The molecule has 0 fully saturated rings. The molecule has 0 saturated heterocycles. The standard InChI is InChI=1S/C13H16N6O2/c1-20-13-16-11(18-14)15-12(17-13)19-6-7-21-10-5-3-2-4-9(10)8-19/h2-5H,6-8,14H2,1H3,(H,15,16,17,18). The lowest BCUT2D eigenvalue weighted by atomic mass is 10.2. The molecule has 3 N–H and O–H groups in total. The number of anilines is 2. The third-order valence-corrected chi connectivity index (χ3v) is 3.15. The normalized spacial score (nSPS) is 13.9. The summed E-state index contributed by atoms with van der Waals surface area (Å²) in [5, 5.41) is 0. The van der Waals surface area contributed by atoms with E-state index in [0.717, 1.165) is 11.3 Å². The van der Waals surface area contributed by atoms with Crippen LogP contribution in [-0.4, -0.2) is 35.2 Å². The van der Waals surface area contributed by atoms with Gasteiger partial charge >= 0.3 is 6.01 Å². The molecule has 0 spiro atoms. The molecule has 0 atom stereocenters. The number of hydrogen-bond donors (Lipinski definition) is 2. The number of benzene rings is 1. The van der Waals surface area contributed by atoms with Gasteiger partial charge in [0.1, 0.15) is 12.4 Å². The van der Waals surface area contributed by atoms with E-state index in [4.69, 9.17) is 15.3 Å². The average molecular weight is 288 g/mol. The van der Waals surface area contributed by atoms with Crippen molar-refractivity contribution in [3.63, 3.8) is 0 Å². The van der Waals surface area contributed by atoms with E-state index in [9.17, 15) is 0 Å². The predicted octanol–water partition coefficient (Wildman–Crippen LogP) is 0.565. The summed E-state index contributed by atoms with van der Waals surface area (Å²) < 4.78 is 10.8. The fourth-order valence-electron chi connectivity index (χ4n) is 2.14. The number of hydrazine groups is 1. The van der Waals surface area contributed by atoms with Gasteiger partial charge in [-0.2, -0.15) is 15.0 Å². The van der Waals surface area contributed by atoms with Gasteiger partial charge in [0, 0.05) is 12.1 Å². The van der Waals surface area contributed by atoms with E-state index in [1.54, 1.807) is 0 Å². The minimum atomic E-state index is 0.214. The summed E-state index contributed by atoms with van der Waals surface area (Å²) in [6.07, 6.45) is 0. The van der Waals surface area contributed by atoms with E-state index in [0.29, 0.717) is 25.6 Å². The number of nitrogens with zero attached hydrogens (tertiary/aromatic N) is 4. The Bertz CT molecular complexity index is 614. The van der Waals surface area contributed by atoms with Crippen LogP contribution in [-0.2, 0) is 6.54 Å². The Morgan fingerprint density at radius 1 is 1.29 bits per heavy atom. The van der Waals surface area contributed by atoms with E-state index in [1.165, 1.54) is 7.11 Å². The first-order chi connectivity index (χ1) is 10.3. The number of para-hydroxylation sites is 1. The van der Waals surface area contributed by atoms with Gasteiger partial charge in [0.05, 0.1) is 13.7 Å². The highest BCUT2D eigenvalue weighted by Gasteiger charge is 2.19. The molecule has 3 rings (SSSR count). The zero-order valence-corrected chi connectivity index (χ0v) is 11.6. The fourth-order valence-corrected chi connectivity index (χ4v) is 2.14. The molecule has 2 aromatic rings. The largest absolute Gasteiger partial charge is 0.491 e. The van der Waals surface area contributed by atoms with E-state index in [2.05, 4.69) is 20.4 Å². The number of nitrogen functional groups attached to an aromatic ring is 1. The molecular weight excluding hydrogens is 272 g/mol. The van der Waals surface area contributed by atoms with Crippen LogP contribution < -0.4 is 25.6 Å². The molecule has 0 bridgehead atoms. The Kier molecular flexibility index (Phi) is 3.69. The smallest absolute Gasteiger partial charge is 0.322 e. The van der Waals surface area contributed by atoms with Crippen molar-refractivity contribution in [3.8, 4) is 11.8 Å². The number of hydrogen-bond acceptors (Lipinski definition) is 8. The number of methoxy groups -OCH3 is 1. The van der Waals surface area contributed by atoms with Crippen molar-refractivity contribution in [1.82, 2.24) is 15.0 Å². The average Bonchev–Trinajstić information content (AvgIpc) is 2.76. The summed E-state index contributed by atoms with van der Waals surface area (Å²) in [6.45, 7) is 1.86. The maximum Gasteiger partial charge on any atom is 0.322 e. The minimum absolute atomic E-state index is 0.214. The van der Waals surface area contributed by atoms with Crippen LogP contribution in [0.2, 0.25) is 0 Å². The number of aromatic nitrogens is 3. The third kappa shape index (κ3) is 2.79. The van der Waals surface area contributed by atoms with Crippen molar-refractivity contribution in [2.45, 2.75) is 6.54 Å². The van der Waals surface area contributed by atoms with Crippen molar-refractivity contribution in [2.75, 3.05) is 30.6 Å². The van der Waals surface area contributed by atoms with Gasteiger partial charge in [-0.25, -0.2) is 5.84 Å². The molecule has 1 aromatic heterocycles. The lowest BCUT2D eigenvalue weighted by molar-refractivity contribution is 0.330. The molecule has 0 saturated carbocycles. The van der Waals surface area contributed by atoms with E-state index >= 15 is 0 Å². The van der Waals surface area contributed by atoms with Gasteiger partial charge in [0.2, 0.25) is 11.9 Å². The molecule has 0 unspecified atom stereocenters. The second kappa shape index (κ2) is 5.80. The molecule has 1 aliphatic heterocycles. The van der Waals surface area contributed by atoms with Crippen LogP contribution in [0.15, 0.2) is 24.3 Å². The first-order valence-corrected chi connectivity index (χ1v) is 6.52. The summed E-state index contributed by atoms with van der Waals surface area (Å²) in [5.41, 5.74) is 3.50. The van der Waals surface area contributed by atoms with Gasteiger partial charge in [0.15, 0.2) is 0 Å². The molecule has 0 amide bonds. The maximum atomic E-state index is 5.73. The van der Waals surface area contributed by atoms with Crippen molar-refractivity contribution in [3.05, 3.63) is 29.8 Å². The van der Waals surface area contributed by atoms with Crippen molar-refractivity contribution < 1.29 is 9.47 Å². The molecule has 1 aliphatic rings. The molecular formula is C13H16N6O2. The van der Waals surface area contributed by atoms with Crippen LogP contribution in [0.4, 0.5) is 11.9 Å². The van der Waals surface area contributed by atoms with Crippen LogP contribution >= 0.6 is 0 Å². The number of rotatable bonds is 3. The summed E-state index contributed by atoms with van der Waals surface area (Å²) in [6, 6.07) is 8.13. The van der Waals surface area contributed by atoms with E-state index in [1.807, 2.05) is 29.2 Å². The van der Waals surface area contributed by atoms with Crippen LogP contribution in [0.5, 0.6) is 11.8 Å². The highest BCUT2D eigenvalue weighted by atomic mass is 16.5. The maximum absolute atomic E-state index is 5.73.